The molecule has 0 saturated carbocycles. The van der Waals surface area contributed by atoms with Gasteiger partial charge in [0.15, 0.2) is 0 Å². The molecule has 0 spiro atoms. The van der Waals surface area contributed by atoms with Gasteiger partial charge in [0.2, 0.25) is 0 Å². The highest BCUT2D eigenvalue weighted by Crippen LogP contribution is 2.26. The van der Waals surface area contributed by atoms with Crippen molar-refractivity contribution in [1.29, 1.82) is 0 Å². The zero-order valence-corrected chi connectivity index (χ0v) is 13.7. The predicted octanol–water partition coefficient (Wildman–Crippen LogP) is 2.93. The monoisotopic (exact) mass is 340 g/mol. The largest absolute Gasteiger partial charge is 0.478 e. The molecule has 25 heavy (non-hydrogen) atoms. The molecule has 1 aromatic heterocycles. The van der Waals surface area contributed by atoms with Crippen molar-refractivity contribution < 1.29 is 23.8 Å². The van der Waals surface area contributed by atoms with Crippen molar-refractivity contribution in [3.8, 4) is 0 Å². The Morgan fingerprint density at radius 2 is 2.16 bits per heavy atom. The van der Waals surface area contributed by atoms with E-state index in [0.717, 1.165) is 0 Å². The number of carbonyl (C=O) groups excluding carboxylic acids is 1. The van der Waals surface area contributed by atoms with Gasteiger partial charge in [-0.1, -0.05) is 6.07 Å². The number of ether oxygens (including phenoxy) is 1. The lowest BCUT2D eigenvalue weighted by Gasteiger charge is -2.12. The van der Waals surface area contributed by atoms with Gasteiger partial charge in [-0.05, 0) is 43.3 Å². The van der Waals surface area contributed by atoms with E-state index in [4.69, 9.17) is 14.3 Å². The van der Waals surface area contributed by atoms with Crippen LogP contribution in [0, 0.1) is 0 Å². The zero-order valence-electron chi connectivity index (χ0n) is 13.7. The first-order valence-corrected chi connectivity index (χ1v) is 7.52. The number of hydrogen-bond donors (Lipinski definition) is 1. The first-order chi connectivity index (χ1) is 12.0. The molecule has 0 aliphatic carbocycles. The summed E-state index contributed by atoms with van der Waals surface area (Å²) in [4.78, 5) is 23.8. The molecule has 0 bridgehead atoms. The molecule has 7 heteroatoms. The van der Waals surface area contributed by atoms with Gasteiger partial charge in [0, 0.05) is 7.11 Å². The van der Waals surface area contributed by atoms with Crippen LogP contribution in [0.3, 0.4) is 0 Å². The van der Waals surface area contributed by atoms with E-state index >= 15 is 0 Å². The number of furan rings is 1. The number of carboxylic acids is 1. The number of carboxylic acid groups (broad SMARTS) is 1. The minimum absolute atomic E-state index is 0.0887. The second-order valence-electron chi connectivity index (χ2n) is 5.45. The Morgan fingerprint density at radius 1 is 1.36 bits per heavy atom. The molecule has 2 heterocycles. The number of hydrazone groups is 1. The fraction of sp³-hybridized carbons (Fsp3) is 0.167. The Kier molecular flexibility index (Phi) is 4.49. The fourth-order valence-electron chi connectivity index (χ4n) is 2.46. The maximum absolute atomic E-state index is 12.7. The summed E-state index contributed by atoms with van der Waals surface area (Å²) in [6.07, 6.45) is 1.61. The fourth-order valence-corrected chi connectivity index (χ4v) is 2.46. The van der Waals surface area contributed by atoms with E-state index < -0.39 is 5.97 Å². The number of carbonyl (C=O) groups is 2. The average molecular weight is 340 g/mol. The lowest BCUT2D eigenvalue weighted by molar-refractivity contribution is -0.114. The topological polar surface area (TPSA) is 92.3 Å². The molecular weight excluding hydrogens is 324 g/mol. The highest BCUT2D eigenvalue weighted by atomic mass is 16.5. The molecule has 0 saturated heterocycles. The Morgan fingerprint density at radius 3 is 2.88 bits per heavy atom. The number of nitrogens with zero attached hydrogens (tertiary/aromatic N) is 2. The summed E-state index contributed by atoms with van der Waals surface area (Å²) >= 11 is 0. The summed E-state index contributed by atoms with van der Waals surface area (Å²) in [6.45, 7) is 2.06. The van der Waals surface area contributed by atoms with Gasteiger partial charge in [0.05, 0.1) is 22.5 Å². The Balaban J connectivity index is 1.89. The third-order valence-electron chi connectivity index (χ3n) is 3.66. The van der Waals surface area contributed by atoms with Crippen molar-refractivity contribution >= 4 is 29.4 Å². The minimum Gasteiger partial charge on any atom is -0.478 e. The standard InChI is InChI=1S/C18H16N2O5/c1-11-16(9-14-6-7-15(25-14)10-24-2)17(21)20(19-11)13-5-3-4-12(8-13)18(22)23/h3-9H,10H2,1-2H3,(H,22,23)/b16-9-. The van der Waals surface area contributed by atoms with Gasteiger partial charge in [0.1, 0.15) is 18.1 Å². The quantitative estimate of drug-likeness (QED) is 0.845. The molecule has 1 amide bonds. The maximum Gasteiger partial charge on any atom is 0.335 e. The third-order valence-corrected chi connectivity index (χ3v) is 3.66. The number of anilines is 1. The second kappa shape index (κ2) is 6.74. The minimum atomic E-state index is -1.06. The summed E-state index contributed by atoms with van der Waals surface area (Å²) in [5, 5.41) is 14.5. The second-order valence-corrected chi connectivity index (χ2v) is 5.45. The average Bonchev–Trinajstić information content (AvgIpc) is 3.15. The van der Waals surface area contributed by atoms with E-state index in [-0.39, 0.29) is 11.5 Å². The van der Waals surface area contributed by atoms with Gasteiger partial charge >= 0.3 is 5.97 Å². The maximum atomic E-state index is 12.7. The van der Waals surface area contributed by atoms with Gasteiger partial charge < -0.3 is 14.3 Å². The summed E-state index contributed by atoms with van der Waals surface area (Å²) in [6, 6.07) is 9.59. The van der Waals surface area contributed by atoms with E-state index in [1.807, 2.05) is 0 Å². The van der Waals surface area contributed by atoms with Crippen molar-refractivity contribution in [2.24, 2.45) is 5.10 Å². The molecule has 1 N–H and O–H groups in total. The van der Waals surface area contributed by atoms with Crippen LogP contribution in [0.15, 0.2) is 51.5 Å². The predicted molar refractivity (Wildman–Crippen MR) is 91.4 cm³/mol. The highest BCUT2D eigenvalue weighted by Gasteiger charge is 2.29. The molecule has 0 unspecified atom stereocenters. The smallest absolute Gasteiger partial charge is 0.335 e. The van der Waals surface area contributed by atoms with Crippen LogP contribution >= 0.6 is 0 Å². The first kappa shape index (κ1) is 16.7. The van der Waals surface area contributed by atoms with Gasteiger partial charge in [-0.2, -0.15) is 10.1 Å². The normalized spacial score (nSPS) is 15.8. The third kappa shape index (κ3) is 3.36. The zero-order chi connectivity index (χ0) is 18.0. The molecule has 7 nitrogen and oxygen atoms in total. The van der Waals surface area contributed by atoms with Gasteiger partial charge in [0.25, 0.3) is 5.91 Å². The van der Waals surface area contributed by atoms with Crippen molar-refractivity contribution in [2.75, 3.05) is 12.1 Å². The van der Waals surface area contributed by atoms with E-state index in [0.29, 0.717) is 35.1 Å². The van der Waals surface area contributed by atoms with Crippen molar-refractivity contribution in [2.45, 2.75) is 13.5 Å². The highest BCUT2D eigenvalue weighted by molar-refractivity contribution is 6.32. The summed E-state index contributed by atoms with van der Waals surface area (Å²) in [5.41, 5.74) is 1.40. The Hall–Kier alpha value is -3.19. The van der Waals surface area contributed by atoms with Crippen LogP contribution in [0.2, 0.25) is 0 Å². The number of hydrogen-bond acceptors (Lipinski definition) is 5. The number of amides is 1. The molecular formula is C18H16N2O5. The SMILES string of the molecule is COCc1ccc(/C=C2\C(=O)N(c3cccc(C(=O)O)c3)N=C2C)o1. The van der Waals surface area contributed by atoms with E-state index in [9.17, 15) is 9.59 Å². The van der Waals surface area contributed by atoms with Crippen LogP contribution < -0.4 is 5.01 Å². The van der Waals surface area contributed by atoms with Crippen molar-refractivity contribution in [3.63, 3.8) is 0 Å². The van der Waals surface area contributed by atoms with Crippen LogP contribution in [0.5, 0.6) is 0 Å². The molecule has 1 aromatic carbocycles. The molecule has 0 radical (unpaired) electrons. The van der Waals surface area contributed by atoms with Crippen LogP contribution in [0.1, 0.15) is 28.8 Å². The molecule has 1 aliphatic rings. The molecule has 3 rings (SSSR count). The van der Waals surface area contributed by atoms with Crippen LogP contribution in [0.25, 0.3) is 6.08 Å². The summed E-state index contributed by atoms with van der Waals surface area (Å²) in [5.74, 6) is -0.234. The number of benzene rings is 1. The first-order valence-electron chi connectivity index (χ1n) is 7.52. The lowest BCUT2D eigenvalue weighted by atomic mass is 10.1. The number of aromatic carboxylic acids is 1. The van der Waals surface area contributed by atoms with Crippen LogP contribution in [0.4, 0.5) is 5.69 Å². The summed E-state index contributed by atoms with van der Waals surface area (Å²) < 4.78 is 10.6. The van der Waals surface area contributed by atoms with Gasteiger partial charge in [-0.3, -0.25) is 4.79 Å². The van der Waals surface area contributed by atoms with Crippen LogP contribution in [-0.4, -0.2) is 29.8 Å². The number of methoxy groups -OCH3 is 1. The molecule has 0 atom stereocenters. The molecule has 2 aromatic rings. The number of rotatable bonds is 5. The van der Waals surface area contributed by atoms with Crippen molar-refractivity contribution in [3.05, 3.63) is 59.1 Å². The molecule has 128 valence electrons. The van der Waals surface area contributed by atoms with Crippen molar-refractivity contribution in [1.82, 2.24) is 0 Å². The van der Waals surface area contributed by atoms with E-state index in [1.165, 1.54) is 17.1 Å². The molecule has 1 aliphatic heterocycles. The lowest BCUT2D eigenvalue weighted by Crippen LogP contribution is -2.21. The van der Waals surface area contributed by atoms with E-state index in [1.54, 1.807) is 44.4 Å². The summed E-state index contributed by atoms with van der Waals surface area (Å²) in [7, 11) is 1.57. The van der Waals surface area contributed by atoms with E-state index in [2.05, 4.69) is 5.10 Å². The van der Waals surface area contributed by atoms with Crippen LogP contribution in [-0.2, 0) is 16.1 Å². The Labute approximate surface area is 143 Å². The Bertz CT molecular complexity index is 894. The van der Waals surface area contributed by atoms with Gasteiger partial charge in [-0.15, -0.1) is 0 Å². The molecule has 0 fully saturated rings. The van der Waals surface area contributed by atoms with Gasteiger partial charge in [-0.25, -0.2) is 4.79 Å².